The van der Waals surface area contributed by atoms with Crippen molar-refractivity contribution in [2.75, 3.05) is 6.26 Å². The molecule has 104 valence electrons. The van der Waals surface area contributed by atoms with Crippen LogP contribution in [0.4, 0.5) is 0 Å². The van der Waals surface area contributed by atoms with Crippen molar-refractivity contribution >= 4 is 9.84 Å². The second kappa shape index (κ2) is 4.41. The minimum absolute atomic E-state index is 0.141. The summed E-state index contributed by atoms with van der Waals surface area (Å²) in [6.07, 6.45) is -0.654. The van der Waals surface area contributed by atoms with Crippen LogP contribution in [0, 0.1) is 0 Å². The van der Waals surface area contributed by atoms with E-state index in [-0.39, 0.29) is 4.90 Å². The van der Waals surface area contributed by atoms with Crippen molar-refractivity contribution in [3.63, 3.8) is 0 Å². The third kappa shape index (κ3) is 1.95. The first-order valence-corrected chi connectivity index (χ1v) is 8.07. The predicted octanol–water partition coefficient (Wildman–Crippen LogP) is 1.57. The van der Waals surface area contributed by atoms with Gasteiger partial charge in [0, 0.05) is 6.26 Å². The quantitative estimate of drug-likeness (QED) is 0.836. The lowest BCUT2D eigenvalue weighted by Gasteiger charge is -2.29. The van der Waals surface area contributed by atoms with Crippen molar-refractivity contribution in [2.45, 2.75) is 17.1 Å². The van der Waals surface area contributed by atoms with Crippen LogP contribution in [0.2, 0.25) is 0 Å². The van der Waals surface area contributed by atoms with Gasteiger partial charge in [-0.1, -0.05) is 30.3 Å². The number of fused-ring (bicyclic) bond motifs is 2. The van der Waals surface area contributed by atoms with Crippen molar-refractivity contribution in [3.8, 4) is 0 Å². The minimum Gasteiger partial charge on any atom is -0.384 e. The molecule has 0 spiro atoms. The van der Waals surface area contributed by atoms with Crippen LogP contribution in [0.25, 0.3) is 0 Å². The molecular weight excluding hydrogens is 276 g/mol. The van der Waals surface area contributed by atoms with Gasteiger partial charge in [-0.05, 0) is 34.4 Å². The van der Waals surface area contributed by atoms with E-state index in [0.29, 0.717) is 22.3 Å². The van der Waals surface area contributed by atoms with E-state index in [4.69, 9.17) is 0 Å². The van der Waals surface area contributed by atoms with Gasteiger partial charge in [0.15, 0.2) is 9.84 Å². The fraction of sp³-hybridized carbons (Fsp3) is 0.200. The Kier molecular flexibility index (Phi) is 2.93. The second-order valence-electron chi connectivity index (χ2n) is 5.00. The lowest BCUT2D eigenvalue weighted by molar-refractivity contribution is 0.173. The zero-order valence-electron chi connectivity index (χ0n) is 10.8. The lowest BCUT2D eigenvalue weighted by Crippen LogP contribution is -2.18. The van der Waals surface area contributed by atoms with Gasteiger partial charge in [0.2, 0.25) is 0 Å². The molecule has 2 N–H and O–H groups in total. The number of aliphatic hydroxyl groups excluding tert-OH is 2. The molecule has 2 aromatic carbocycles. The van der Waals surface area contributed by atoms with Crippen molar-refractivity contribution in [1.82, 2.24) is 0 Å². The van der Waals surface area contributed by atoms with E-state index in [9.17, 15) is 18.6 Å². The van der Waals surface area contributed by atoms with Crippen LogP contribution in [0.15, 0.2) is 47.4 Å². The van der Waals surface area contributed by atoms with Crippen LogP contribution in [0.1, 0.15) is 34.5 Å². The zero-order valence-corrected chi connectivity index (χ0v) is 11.6. The molecule has 0 aromatic heterocycles. The highest BCUT2D eigenvalue weighted by Crippen LogP contribution is 2.41. The van der Waals surface area contributed by atoms with E-state index in [2.05, 4.69) is 0 Å². The Balaban J connectivity index is 2.23. The third-order valence-corrected chi connectivity index (χ3v) is 4.77. The Hall–Kier alpha value is -1.69. The van der Waals surface area contributed by atoms with Crippen LogP contribution in [-0.2, 0) is 9.84 Å². The van der Waals surface area contributed by atoms with Gasteiger partial charge in [-0.15, -0.1) is 0 Å². The second-order valence-corrected chi connectivity index (χ2v) is 7.01. The van der Waals surface area contributed by atoms with Crippen LogP contribution in [0.5, 0.6) is 0 Å². The van der Waals surface area contributed by atoms with Gasteiger partial charge in [0.05, 0.1) is 4.90 Å². The van der Waals surface area contributed by atoms with Crippen molar-refractivity contribution in [1.29, 1.82) is 0 Å². The highest BCUT2D eigenvalue weighted by Gasteiger charge is 2.30. The molecule has 5 heteroatoms. The van der Waals surface area contributed by atoms with E-state index in [1.54, 1.807) is 30.3 Å². The first-order valence-electron chi connectivity index (χ1n) is 6.18. The molecular formula is C15H14O4S. The van der Waals surface area contributed by atoms with E-state index in [0.717, 1.165) is 6.26 Å². The van der Waals surface area contributed by atoms with Gasteiger partial charge in [0.25, 0.3) is 0 Å². The monoisotopic (exact) mass is 290 g/mol. The maximum absolute atomic E-state index is 11.6. The summed E-state index contributed by atoms with van der Waals surface area (Å²) in [5.41, 5.74) is 2.25. The molecule has 20 heavy (non-hydrogen) atoms. The van der Waals surface area contributed by atoms with E-state index < -0.39 is 22.0 Å². The molecule has 0 amide bonds. The molecule has 2 atom stereocenters. The SMILES string of the molecule is CS(=O)(=O)c1ccc2c(c1)C(O)c1ccccc1C2O. The maximum Gasteiger partial charge on any atom is 0.175 e. The average Bonchev–Trinajstić information content (AvgIpc) is 2.43. The number of hydrogen-bond donors (Lipinski definition) is 2. The first-order chi connectivity index (χ1) is 9.39. The van der Waals surface area contributed by atoms with Gasteiger partial charge < -0.3 is 10.2 Å². The van der Waals surface area contributed by atoms with Gasteiger partial charge in [-0.25, -0.2) is 8.42 Å². The van der Waals surface area contributed by atoms with Crippen molar-refractivity contribution in [3.05, 3.63) is 64.7 Å². The fourth-order valence-electron chi connectivity index (χ4n) is 2.61. The molecule has 0 aliphatic heterocycles. The molecule has 0 heterocycles. The zero-order chi connectivity index (χ0) is 14.5. The fourth-order valence-corrected chi connectivity index (χ4v) is 3.27. The number of benzene rings is 2. The van der Waals surface area contributed by atoms with Crippen LogP contribution < -0.4 is 0 Å². The highest BCUT2D eigenvalue weighted by atomic mass is 32.2. The van der Waals surface area contributed by atoms with Crippen molar-refractivity contribution in [2.24, 2.45) is 0 Å². The summed E-state index contributed by atoms with van der Waals surface area (Å²) >= 11 is 0. The van der Waals surface area contributed by atoms with Gasteiger partial charge in [-0.3, -0.25) is 0 Å². The summed E-state index contributed by atoms with van der Waals surface area (Å²) in [7, 11) is -3.35. The Labute approximate surface area is 117 Å². The summed E-state index contributed by atoms with van der Waals surface area (Å²) < 4.78 is 23.2. The van der Waals surface area contributed by atoms with Crippen molar-refractivity contribution < 1.29 is 18.6 Å². The summed E-state index contributed by atoms with van der Waals surface area (Å²) in [4.78, 5) is 0.141. The smallest absolute Gasteiger partial charge is 0.175 e. The molecule has 0 saturated heterocycles. The van der Waals surface area contributed by atoms with E-state index >= 15 is 0 Å². The summed E-state index contributed by atoms with van der Waals surface area (Å²) in [6, 6.07) is 11.5. The molecule has 4 nitrogen and oxygen atoms in total. The first kappa shape index (κ1) is 13.3. The number of hydrogen-bond acceptors (Lipinski definition) is 4. The third-order valence-electron chi connectivity index (χ3n) is 3.66. The Morgan fingerprint density at radius 1 is 0.850 bits per heavy atom. The maximum atomic E-state index is 11.6. The largest absolute Gasteiger partial charge is 0.384 e. The normalized spacial score (nSPS) is 21.1. The topological polar surface area (TPSA) is 74.6 Å². The molecule has 3 rings (SSSR count). The average molecular weight is 290 g/mol. The lowest BCUT2D eigenvalue weighted by atomic mass is 9.82. The molecule has 0 radical (unpaired) electrons. The number of sulfone groups is 1. The van der Waals surface area contributed by atoms with E-state index in [1.807, 2.05) is 0 Å². The van der Waals surface area contributed by atoms with E-state index in [1.165, 1.54) is 12.1 Å². The molecule has 1 aliphatic carbocycles. The molecule has 1 aliphatic rings. The minimum atomic E-state index is -3.35. The van der Waals surface area contributed by atoms with Gasteiger partial charge in [-0.2, -0.15) is 0 Å². The van der Waals surface area contributed by atoms with Crippen LogP contribution >= 0.6 is 0 Å². The molecule has 0 bridgehead atoms. The Morgan fingerprint density at radius 2 is 1.35 bits per heavy atom. The van der Waals surface area contributed by atoms with Crippen LogP contribution in [-0.4, -0.2) is 24.9 Å². The summed E-state index contributed by atoms with van der Waals surface area (Å²) in [5.74, 6) is 0. The summed E-state index contributed by atoms with van der Waals surface area (Å²) in [5, 5.41) is 20.8. The Morgan fingerprint density at radius 3 is 1.90 bits per heavy atom. The molecule has 2 aromatic rings. The van der Waals surface area contributed by atoms with Crippen LogP contribution in [0.3, 0.4) is 0 Å². The standard InChI is InChI=1S/C15H14O4S/c1-20(18,19)9-6-7-12-13(8-9)15(17)11-5-3-2-4-10(11)14(12)16/h2-8,14-17H,1H3. The number of rotatable bonds is 1. The predicted molar refractivity (Wildman–Crippen MR) is 74.1 cm³/mol. The summed E-state index contributed by atoms with van der Waals surface area (Å²) in [6.45, 7) is 0. The number of aliphatic hydroxyl groups is 2. The van der Waals surface area contributed by atoms with Gasteiger partial charge >= 0.3 is 0 Å². The molecule has 0 saturated carbocycles. The molecule has 0 fully saturated rings. The Bertz CT molecular complexity index is 780. The highest BCUT2D eigenvalue weighted by molar-refractivity contribution is 7.90. The molecule has 2 unspecified atom stereocenters. The van der Waals surface area contributed by atoms with Gasteiger partial charge in [0.1, 0.15) is 12.2 Å².